The summed E-state index contributed by atoms with van der Waals surface area (Å²) < 4.78 is 1.72. The van der Waals surface area contributed by atoms with Crippen LogP contribution >= 0.6 is 0 Å². The summed E-state index contributed by atoms with van der Waals surface area (Å²) in [5, 5.41) is 5.03. The number of amides is 3. The van der Waals surface area contributed by atoms with Crippen molar-refractivity contribution in [3.05, 3.63) is 24.0 Å². The van der Waals surface area contributed by atoms with Crippen LogP contribution in [-0.2, 0) is 7.05 Å². The monoisotopic (exact) mass is 210 g/mol. The minimum absolute atomic E-state index is 0.172. The minimum Gasteiger partial charge on any atom is -0.352 e. The third kappa shape index (κ3) is 3.34. The van der Waals surface area contributed by atoms with E-state index in [9.17, 15) is 9.59 Å². The van der Waals surface area contributed by atoms with Crippen molar-refractivity contribution in [1.29, 1.82) is 0 Å². The summed E-state index contributed by atoms with van der Waals surface area (Å²) >= 11 is 0. The lowest BCUT2D eigenvalue weighted by Gasteiger charge is -2.05. The van der Waals surface area contributed by atoms with Crippen molar-refractivity contribution >= 4 is 11.9 Å². The molecular formula is C9H14N4O2. The van der Waals surface area contributed by atoms with Gasteiger partial charge < -0.3 is 20.9 Å². The number of nitrogens with two attached hydrogens (primary N) is 1. The number of urea groups is 1. The summed E-state index contributed by atoms with van der Waals surface area (Å²) in [6.07, 6.45) is 1.79. The molecule has 3 amide bonds. The fourth-order valence-corrected chi connectivity index (χ4v) is 1.15. The van der Waals surface area contributed by atoms with Crippen molar-refractivity contribution in [2.45, 2.75) is 0 Å². The highest BCUT2D eigenvalue weighted by Crippen LogP contribution is 1.98. The van der Waals surface area contributed by atoms with Gasteiger partial charge in [0.25, 0.3) is 5.91 Å². The van der Waals surface area contributed by atoms with E-state index in [1.165, 1.54) is 0 Å². The van der Waals surface area contributed by atoms with E-state index in [4.69, 9.17) is 5.73 Å². The van der Waals surface area contributed by atoms with Crippen molar-refractivity contribution in [3.8, 4) is 0 Å². The van der Waals surface area contributed by atoms with E-state index >= 15 is 0 Å². The number of aryl methyl sites for hydroxylation is 1. The summed E-state index contributed by atoms with van der Waals surface area (Å²) in [7, 11) is 1.79. The Labute approximate surface area is 87.4 Å². The first kappa shape index (κ1) is 11.1. The Kier molecular flexibility index (Phi) is 3.73. The molecule has 0 atom stereocenters. The molecule has 0 aromatic carbocycles. The van der Waals surface area contributed by atoms with Crippen molar-refractivity contribution in [3.63, 3.8) is 0 Å². The van der Waals surface area contributed by atoms with E-state index in [0.717, 1.165) is 0 Å². The second-order valence-electron chi connectivity index (χ2n) is 3.05. The minimum atomic E-state index is -0.594. The number of hydrogen-bond acceptors (Lipinski definition) is 2. The van der Waals surface area contributed by atoms with Crippen LogP contribution in [0.1, 0.15) is 10.5 Å². The highest BCUT2D eigenvalue weighted by molar-refractivity contribution is 5.92. The maximum Gasteiger partial charge on any atom is 0.312 e. The summed E-state index contributed by atoms with van der Waals surface area (Å²) in [5.41, 5.74) is 5.44. The molecule has 6 nitrogen and oxygen atoms in total. The lowest BCUT2D eigenvalue weighted by Crippen LogP contribution is -2.37. The van der Waals surface area contributed by atoms with Gasteiger partial charge in [-0.15, -0.1) is 0 Å². The Morgan fingerprint density at radius 2 is 2.07 bits per heavy atom. The molecule has 1 rings (SSSR count). The van der Waals surface area contributed by atoms with Crippen LogP contribution in [0.4, 0.5) is 4.79 Å². The van der Waals surface area contributed by atoms with Crippen LogP contribution < -0.4 is 16.4 Å². The predicted octanol–water partition coefficient (Wildman–Crippen LogP) is -0.577. The highest BCUT2D eigenvalue weighted by Gasteiger charge is 2.06. The molecule has 0 aliphatic rings. The number of carbonyl (C=O) groups excluding carboxylic acids is 2. The number of nitrogens with zero attached hydrogens (tertiary/aromatic N) is 1. The van der Waals surface area contributed by atoms with Crippen molar-refractivity contribution in [2.24, 2.45) is 12.8 Å². The number of primary amides is 1. The molecule has 82 valence electrons. The third-order valence-electron chi connectivity index (χ3n) is 1.89. The standard InChI is InChI=1S/C9H14N4O2/c1-13-6-2-3-7(13)8(14)11-4-5-12-9(10)15/h2-3,6H,4-5H2,1H3,(H,11,14)(H3,10,12,15). The molecular weight excluding hydrogens is 196 g/mol. The van der Waals surface area contributed by atoms with Crippen LogP contribution in [0.3, 0.4) is 0 Å². The van der Waals surface area contributed by atoms with E-state index in [0.29, 0.717) is 18.8 Å². The maximum absolute atomic E-state index is 11.5. The van der Waals surface area contributed by atoms with E-state index in [-0.39, 0.29) is 5.91 Å². The lowest BCUT2D eigenvalue weighted by molar-refractivity contribution is 0.0946. The zero-order valence-corrected chi connectivity index (χ0v) is 8.49. The van der Waals surface area contributed by atoms with Crippen LogP contribution in [0.5, 0.6) is 0 Å². The second kappa shape index (κ2) is 5.04. The van der Waals surface area contributed by atoms with E-state index in [1.54, 1.807) is 29.9 Å². The van der Waals surface area contributed by atoms with Crippen LogP contribution in [0.2, 0.25) is 0 Å². The molecule has 0 unspecified atom stereocenters. The van der Waals surface area contributed by atoms with Gasteiger partial charge in [-0.3, -0.25) is 4.79 Å². The Morgan fingerprint density at radius 1 is 1.40 bits per heavy atom. The molecule has 0 fully saturated rings. The molecule has 0 aliphatic carbocycles. The molecule has 0 bridgehead atoms. The fourth-order valence-electron chi connectivity index (χ4n) is 1.15. The first-order valence-corrected chi connectivity index (χ1v) is 4.54. The normalized spacial score (nSPS) is 9.67. The molecule has 1 heterocycles. The van der Waals surface area contributed by atoms with Gasteiger partial charge in [-0.2, -0.15) is 0 Å². The zero-order chi connectivity index (χ0) is 11.3. The Balaban J connectivity index is 2.31. The predicted molar refractivity (Wildman–Crippen MR) is 55.3 cm³/mol. The molecule has 0 radical (unpaired) electrons. The Morgan fingerprint density at radius 3 is 2.60 bits per heavy atom. The molecule has 0 saturated carbocycles. The van der Waals surface area contributed by atoms with Gasteiger partial charge in [0.05, 0.1) is 0 Å². The van der Waals surface area contributed by atoms with Gasteiger partial charge >= 0.3 is 6.03 Å². The van der Waals surface area contributed by atoms with E-state index in [2.05, 4.69) is 10.6 Å². The maximum atomic E-state index is 11.5. The van der Waals surface area contributed by atoms with Crippen molar-refractivity contribution in [1.82, 2.24) is 15.2 Å². The highest BCUT2D eigenvalue weighted by atomic mass is 16.2. The van der Waals surface area contributed by atoms with Gasteiger partial charge in [0, 0.05) is 26.3 Å². The molecule has 6 heteroatoms. The van der Waals surface area contributed by atoms with Crippen molar-refractivity contribution < 1.29 is 9.59 Å². The van der Waals surface area contributed by atoms with Gasteiger partial charge in [0.1, 0.15) is 5.69 Å². The number of carbonyl (C=O) groups is 2. The topological polar surface area (TPSA) is 89.2 Å². The average Bonchev–Trinajstić information content (AvgIpc) is 2.58. The van der Waals surface area contributed by atoms with Crippen LogP contribution in [-0.4, -0.2) is 29.6 Å². The van der Waals surface area contributed by atoms with Gasteiger partial charge in [0.2, 0.25) is 0 Å². The van der Waals surface area contributed by atoms with Crippen LogP contribution in [0, 0.1) is 0 Å². The molecule has 0 aliphatic heterocycles. The van der Waals surface area contributed by atoms with E-state index < -0.39 is 6.03 Å². The summed E-state index contributed by atoms with van der Waals surface area (Å²) in [6.45, 7) is 0.679. The quantitative estimate of drug-likeness (QED) is 0.580. The molecule has 4 N–H and O–H groups in total. The molecule has 0 spiro atoms. The van der Waals surface area contributed by atoms with E-state index in [1.807, 2.05) is 0 Å². The lowest BCUT2D eigenvalue weighted by atomic mass is 10.4. The Bertz CT molecular complexity index is 359. The van der Waals surface area contributed by atoms with Crippen LogP contribution in [0.25, 0.3) is 0 Å². The zero-order valence-electron chi connectivity index (χ0n) is 8.49. The third-order valence-corrected chi connectivity index (χ3v) is 1.89. The molecule has 1 aromatic rings. The number of rotatable bonds is 4. The summed E-state index contributed by atoms with van der Waals surface area (Å²) in [4.78, 5) is 21.8. The largest absolute Gasteiger partial charge is 0.352 e. The van der Waals surface area contributed by atoms with Crippen molar-refractivity contribution in [2.75, 3.05) is 13.1 Å². The summed E-state index contributed by atoms with van der Waals surface area (Å²) in [6, 6.07) is 2.91. The molecule has 15 heavy (non-hydrogen) atoms. The van der Waals surface area contributed by atoms with Gasteiger partial charge in [-0.25, -0.2) is 4.79 Å². The average molecular weight is 210 g/mol. The number of nitrogens with one attached hydrogen (secondary N) is 2. The van der Waals surface area contributed by atoms with Gasteiger partial charge in [-0.05, 0) is 12.1 Å². The van der Waals surface area contributed by atoms with Gasteiger partial charge in [-0.1, -0.05) is 0 Å². The Hall–Kier alpha value is -1.98. The van der Waals surface area contributed by atoms with Crippen LogP contribution in [0.15, 0.2) is 18.3 Å². The fraction of sp³-hybridized carbons (Fsp3) is 0.333. The van der Waals surface area contributed by atoms with Gasteiger partial charge in [0.15, 0.2) is 0 Å². The summed E-state index contributed by atoms with van der Waals surface area (Å²) in [5.74, 6) is -0.172. The number of hydrogen-bond donors (Lipinski definition) is 3. The number of aromatic nitrogens is 1. The SMILES string of the molecule is Cn1cccc1C(=O)NCCNC(N)=O. The molecule has 0 saturated heterocycles. The first-order chi connectivity index (χ1) is 7.11. The molecule has 1 aromatic heterocycles. The first-order valence-electron chi connectivity index (χ1n) is 4.54. The second-order valence-corrected chi connectivity index (χ2v) is 3.05. The smallest absolute Gasteiger partial charge is 0.312 e.